The third-order valence-electron chi connectivity index (χ3n) is 1.70. The van der Waals surface area contributed by atoms with E-state index in [0.29, 0.717) is 5.56 Å². The van der Waals surface area contributed by atoms with Crippen molar-refractivity contribution in [2.75, 3.05) is 0 Å². The lowest BCUT2D eigenvalue weighted by atomic mass is 10.3. The molecule has 0 unspecified atom stereocenters. The molecular formula is C11H13N3. The highest BCUT2D eigenvalue weighted by Gasteiger charge is 1.97. The Morgan fingerprint density at radius 2 is 2.00 bits per heavy atom. The zero-order chi connectivity index (χ0) is 10.6. The fourth-order valence-electron chi connectivity index (χ4n) is 1.18. The molecule has 0 aliphatic rings. The van der Waals surface area contributed by atoms with E-state index in [1.54, 1.807) is 12.3 Å². The molecule has 14 heavy (non-hydrogen) atoms. The number of imidazole rings is 1. The van der Waals surface area contributed by atoms with Gasteiger partial charge in [-0.2, -0.15) is 5.26 Å². The van der Waals surface area contributed by atoms with E-state index in [9.17, 15) is 0 Å². The number of pyridine rings is 1. The maximum atomic E-state index is 8.62. The Labute approximate surface area is 83.6 Å². The van der Waals surface area contributed by atoms with Crippen LogP contribution in [-0.4, -0.2) is 9.38 Å². The molecule has 0 fully saturated rings. The average molecular weight is 187 g/mol. The Morgan fingerprint density at radius 1 is 1.29 bits per heavy atom. The molecule has 2 aromatic rings. The number of hydrogen-bond acceptors (Lipinski definition) is 2. The molecule has 3 nitrogen and oxygen atoms in total. The van der Waals surface area contributed by atoms with Gasteiger partial charge in [-0.3, -0.25) is 0 Å². The first-order chi connectivity index (χ1) is 6.79. The molecule has 0 radical (unpaired) electrons. The van der Waals surface area contributed by atoms with E-state index in [4.69, 9.17) is 5.26 Å². The van der Waals surface area contributed by atoms with E-state index in [-0.39, 0.29) is 0 Å². The number of hydrogen-bond donors (Lipinski definition) is 0. The molecule has 0 spiro atoms. The van der Waals surface area contributed by atoms with Gasteiger partial charge in [0.05, 0.1) is 11.3 Å². The molecule has 2 rings (SSSR count). The normalized spacial score (nSPS) is 9.00. The number of rotatable bonds is 0. The first-order valence-electron chi connectivity index (χ1n) is 4.65. The third kappa shape index (κ3) is 1.91. The quantitative estimate of drug-likeness (QED) is 0.636. The molecule has 3 heteroatoms. The van der Waals surface area contributed by atoms with E-state index >= 15 is 0 Å². The van der Waals surface area contributed by atoms with Crippen LogP contribution in [0.25, 0.3) is 5.65 Å². The molecule has 0 aliphatic carbocycles. The van der Waals surface area contributed by atoms with Crippen LogP contribution in [0.3, 0.4) is 0 Å². The largest absolute Gasteiger partial charge is 0.306 e. The van der Waals surface area contributed by atoms with Crippen LogP contribution in [0.15, 0.2) is 24.5 Å². The molecule has 0 N–H and O–H groups in total. The van der Waals surface area contributed by atoms with Crippen molar-refractivity contribution in [2.45, 2.75) is 20.8 Å². The minimum absolute atomic E-state index is 0.653. The molecule has 2 aromatic heterocycles. The van der Waals surface area contributed by atoms with Crippen molar-refractivity contribution >= 4 is 5.65 Å². The maximum absolute atomic E-state index is 8.62. The summed E-state index contributed by atoms with van der Waals surface area (Å²) < 4.78 is 1.86. The monoisotopic (exact) mass is 187 g/mol. The van der Waals surface area contributed by atoms with Crippen molar-refractivity contribution in [3.05, 3.63) is 35.8 Å². The zero-order valence-corrected chi connectivity index (χ0v) is 8.65. The lowest BCUT2D eigenvalue weighted by Crippen LogP contribution is -1.83. The molecule has 0 saturated carbocycles. The minimum Gasteiger partial charge on any atom is -0.306 e. The molecule has 2 heterocycles. The van der Waals surface area contributed by atoms with Crippen molar-refractivity contribution < 1.29 is 0 Å². The lowest BCUT2D eigenvalue weighted by Gasteiger charge is -1.91. The molecule has 0 bridgehead atoms. The summed E-state index contributed by atoms with van der Waals surface area (Å²) >= 11 is 0. The molecule has 0 aliphatic heterocycles. The molecular weight excluding hydrogens is 174 g/mol. The van der Waals surface area contributed by atoms with Gasteiger partial charge in [0.2, 0.25) is 0 Å². The summed E-state index contributed by atoms with van der Waals surface area (Å²) in [5.74, 6) is 0. The van der Waals surface area contributed by atoms with E-state index in [1.807, 2.05) is 37.4 Å². The van der Waals surface area contributed by atoms with Gasteiger partial charge in [-0.25, -0.2) is 4.98 Å². The van der Waals surface area contributed by atoms with Gasteiger partial charge < -0.3 is 4.40 Å². The topological polar surface area (TPSA) is 41.1 Å². The Bertz CT molecular complexity index is 463. The molecule has 0 aromatic carbocycles. The Morgan fingerprint density at radius 3 is 2.64 bits per heavy atom. The van der Waals surface area contributed by atoms with Crippen molar-refractivity contribution in [3.8, 4) is 6.07 Å². The number of aryl methyl sites for hydroxylation is 1. The van der Waals surface area contributed by atoms with Crippen LogP contribution in [0.2, 0.25) is 0 Å². The second-order valence-corrected chi connectivity index (χ2v) is 2.68. The van der Waals surface area contributed by atoms with Crippen molar-refractivity contribution in [2.24, 2.45) is 0 Å². The summed E-state index contributed by atoms with van der Waals surface area (Å²) in [5.41, 5.74) is 2.50. The van der Waals surface area contributed by atoms with Crippen LogP contribution in [-0.2, 0) is 0 Å². The highest BCUT2D eigenvalue weighted by atomic mass is 15.0. The van der Waals surface area contributed by atoms with E-state index in [0.717, 1.165) is 11.3 Å². The van der Waals surface area contributed by atoms with Gasteiger partial charge in [-0.1, -0.05) is 13.8 Å². The van der Waals surface area contributed by atoms with Crippen LogP contribution in [0, 0.1) is 18.3 Å². The van der Waals surface area contributed by atoms with Crippen LogP contribution in [0.4, 0.5) is 0 Å². The van der Waals surface area contributed by atoms with Gasteiger partial charge in [0.15, 0.2) is 0 Å². The number of fused-ring (bicyclic) bond motifs is 1. The van der Waals surface area contributed by atoms with Gasteiger partial charge in [0, 0.05) is 12.4 Å². The van der Waals surface area contributed by atoms with Gasteiger partial charge in [-0.05, 0) is 19.1 Å². The number of aromatic nitrogens is 2. The van der Waals surface area contributed by atoms with Gasteiger partial charge in [0.25, 0.3) is 0 Å². The van der Waals surface area contributed by atoms with Crippen molar-refractivity contribution in [1.82, 2.24) is 9.38 Å². The average Bonchev–Trinajstić information content (AvgIpc) is 2.59. The molecule has 0 amide bonds. The summed E-state index contributed by atoms with van der Waals surface area (Å²) in [6, 6.07) is 5.68. The summed E-state index contributed by atoms with van der Waals surface area (Å²) in [7, 11) is 0. The van der Waals surface area contributed by atoms with E-state index in [2.05, 4.69) is 11.1 Å². The zero-order valence-electron chi connectivity index (χ0n) is 8.65. The van der Waals surface area contributed by atoms with Gasteiger partial charge >= 0.3 is 0 Å². The van der Waals surface area contributed by atoms with Crippen molar-refractivity contribution in [3.63, 3.8) is 0 Å². The maximum Gasteiger partial charge on any atom is 0.137 e. The second kappa shape index (κ2) is 4.43. The Hall–Kier alpha value is -1.82. The van der Waals surface area contributed by atoms with E-state index in [1.165, 1.54) is 0 Å². The van der Waals surface area contributed by atoms with Gasteiger partial charge in [0.1, 0.15) is 11.7 Å². The minimum atomic E-state index is 0.653. The Kier molecular flexibility index (Phi) is 3.24. The second-order valence-electron chi connectivity index (χ2n) is 2.68. The summed E-state index contributed by atoms with van der Waals surface area (Å²) in [5, 5.41) is 8.62. The fraction of sp³-hybridized carbons (Fsp3) is 0.273. The molecule has 0 atom stereocenters. The van der Waals surface area contributed by atoms with Crippen LogP contribution in [0.1, 0.15) is 25.1 Å². The number of nitriles is 1. The fourth-order valence-corrected chi connectivity index (χ4v) is 1.18. The van der Waals surface area contributed by atoms with Crippen LogP contribution < -0.4 is 0 Å². The SMILES string of the molecule is CC.Cc1cn2cc(C#N)ccc2n1. The summed E-state index contributed by atoms with van der Waals surface area (Å²) in [6.07, 6.45) is 3.67. The predicted molar refractivity (Wildman–Crippen MR) is 56.0 cm³/mol. The first kappa shape index (κ1) is 10.3. The lowest BCUT2D eigenvalue weighted by molar-refractivity contribution is 1.17. The van der Waals surface area contributed by atoms with E-state index < -0.39 is 0 Å². The standard InChI is InChI=1S/C9H7N3.C2H6/c1-7-5-12-6-8(4-10)2-3-9(12)11-7;1-2/h2-3,5-6H,1H3;1-2H3. The summed E-state index contributed by atoms with van der Waals surface area (Å²) in [6.45, 7) is 5.93. The Balaban J connectivity index is 0.000000461. The first-order valence-corrected chi connectivity index (χ1v) is 4.65. The molecule has 72 valence electrons. The highest BCUT2D eigenvalue weighted by Crippen LogP contribution is 2.05. The molecule has 0 saturated heterocycles. The number of nitrogens with zero attached hydrogens (tertiary/aromatic N) is 3. The summed E-state index contributed by atoms with van der Waals surface area (Å²) in [4.78, 5) is 4.24. The third-order valence-corrected chi connectivity index (χ3v) is 1.70. The van der Waals surface area contributed by atoms with Crippen molar-refractivity contribution in [1.29, 1.82) is 5.26 Å². The highest BCUT2D eigenvalue weighted by molar-refractivity contribution is 5.43. The van der Waals surface area contributed by atoms with Crippen LogP contribution >= 0.6 is 0 Å². The van der Waals surface area contributed by atoms with Gasteiger partial charge in [-0.15, -0.1) is 0 Å². The van der Waals surface area contributed by atoms with Crippen LogP contribution in [0.5, 0.6) is 0 Å². The predicted octanol–water partition coefficient (Wildman–Crippen LogP) is 2.54. The smallest absolute Gasteiger partial charge is 0.137 e.